The van der Waals surface area contributed by atoms with Gasteiger partial charge in [-0.3, -0.25) is 0 Å². The van der Waals surface area contributed by atoms with Crippen LogP contribution in [0.5, 0.6) is 0 Å². The predicted molar refractivity (Wildman–Crippen MR) is 64.2 cm³/mol. The lowest BCUT2D eigenvalue weighted by Crippen LogP contribution is -2.45. The van der Waals surface area contributed by atoms with Gasteiger partial charge in [-0.05, 0) is 30.7 Å². The van der Waals surface area contributed by atoms with E-state index in [1.165, 1.54) is 0 Å². The molecule has 0 spiro atoms. The Hall–Kier alpha value is -0.570. The number of likely N-dealkylation sites (N-methyl/N-ethyl adjacent to an activating group) is 1. The molecule has 0 saturated carbocycles. The largest absolute Gasteiger partial charge is 0.394 e. The number of benzene rings is 1. The fraction of sp³-hybridized carbons (Fsp3) is 0.500. The van der Waals surface area contributed by atoms with Crippen molar-refractivity contribution in [3.05, 3.63) is 34.9 Å². The van der Waals surface area contributed by atoms with Crippen LogP contribution >= 0.6 is 11.6 Å². The normalized spacial score (nSPS) is 14.9. The van der Waals surface area contributed by atoms with Gasteiger partial charge in [-0.2, -0.15) is 0 Å². The van der Waals surface area contributed by atoms with E-state index < -0.39 is 0 Å². The summed E-state index contributed by atoms with van der Waals surface area (Å²) in [5.41, 5.74) is 0.682. The minimum atomic E-state index is -0.361. The van der Waals surface area contributed by atoms with Crippen LogP contribution in [-0.2, 0) is 5.54 Å². The van der Waals surface area contributed by atoms with Gasteiger partial charge in [-0.15, -0.1) is 0 Å². The van der Waals surface area contributed by atoms with Gasteiger partial charge < -0.3 is 10.4 Å². The van der Waals surface area contributed by atoms with Crippen molar-refractivity contribution in [3.63, 3.8) is 0 Å². The monoisotopic (exact) mass is 227 g/mol. The van der Waals surface area contributed by atoms with E-state index in [4.69, 9.17) is 11.6 Å². The van der Waals surface area contributed by atoms with E-state index in [0.717, 1.165) is 18.5 Å². The van der Waals surface area contributed by atoms with Crippen LogP contribution in [0.1, 0.15) is 25.8 Å². The first-order valence-corrected chi connectivity index (χ1v) is 5.68. The Balaban J connectivity index is 3.07. The molecule has 1 rings (SSSR count). The molecule has 0 fully saturated rings. The highest BCUT2D eigenvalue weighted by atomic mass is 35.5. The van der Waals surface area contributed by atoms with Gasteiger partial charge >= 0.3 is 0 Å². The lowest BCUT2D eigenvalue weighted by molar-refractivity contribution is 0.157. The average molecular weight is 228 g/mol. The molecule has 0 aliphatic heterocycles. The van der Waals surface area contributed by atoms with Crippen LogP contribution in [0, 0.1) is 0 Å². The van der Waals surface area contributed by atoms with Crippen molar-refractivity contribution in [1.82, 2.24) is 5.32 Å². The molecule has 0 amide bonds. The third-order valence-electron chi connectivity index (χ3n) is 2.77. The molecule has 1 unspecified atom stereocenters. The zero-order chi connectivity index (χ0) is 11.3. The molecule has 2 N–H and O–H groups in total. The van der Waals surface area contributed by atoms with Crippen LogP contribution in [0.2, 0.25) is 5.02 Å². The number of aliphatic hydroxyl groups excluding tert-OH is 1. The third kappa shape index (κ3) is 2.71. The van der Waals surface area contributed by atoms with E-state index in [2.05, 4.69) is 12.2 Å². The quantitative estimate of drug-likeness (QED) is 0.811. The lowest BCUT2D eigenvalue weighted by Gasteiger charge is -2.32. The SMILES string of the molecule is CCNC(CC)(CO)c1cccc(Cl)c1. The summed E-state index contributed by atoms with van der Waals surface area (Å²) in [6.45, 7) is 4.99. The van der Waals surface area contributed by atoms with Crippen LogP contribution < -0.4 is 5.32 Å². The van der Waals surface area contributed by atoms with Crippen molar-refractivity contribution in [2.75, 3.05) is 13.2 Å². The van der Waals surface area contributed by atoms with E-state index in [9.17, 15) is 5.11 Å². The second kappa shape index (κ2) is 5.50. The molecule has 1 atom stereocenters. The van der Waals surface area contributed by atoms with Crippen molar-refractivity contribution >= 4 is 11.6 Å². The van der Waals surface area contributed by atoms with Gasteiger partial charge in [0, 0.05) is 5.02 Å². The van der Waals surface area contributed by atoms with Crippen LogP contribution in [0.3, 0.4) is 0 Å². The van der Waals surface area contributed by atoms with Gasteiger partial charge in [0.2, 0.25) is 0 Å². The molecule has 84 valence electrons. The van der Waals surface area contributed by atoms with Crippen molar-refractivity contribution in [1.29, 1.82) is 0 Å². The van der Waals surface area contributed by atoms with Crippen molar-refractivity contribution in [3.8, 4) is 0 Å². The smallest absolute Gasteiger partial charge is 0.0666 e. The second-order valence-electron chi connectivity index (χ2n) is 3.63. The first-order valence-electron chi connectivity index (χ1n) is 5.30. The van der Waals surface area contributed by atoms with Gasteiger partial charge in [-0.25, -0.2) is 0 Å². The van der Waals surface area contributed by atoms with Gasteiger partial charge in [0.25, 0.3) is 0 Å². The summed E-state index contributed by atoms with van der Waals surface area (Å²) in [5.74, 6) is 0. The summed E-state index contributed by atoms with van der Waals surface area (Å²) >= 11 is 5.96. The summed E-state index contributed by atoms with van der Waals surface area (Å²) < 4.78 is 0. The number of hydrogen-bond acceptors (Lipinski definition) is 2. The maximum absolute atomic E-state index is 9.55. The topological polar surface area (TPSA) is 32.3 Å². The Morgan fingerprint density at radius 3 is 2.60 bits per heavy atom. The first kappa shape index (κ1) is 12.5. The van der Waals surface area contributed by atoms with Crippen LogP contribution in [0.4, 0.5) is 0 Å². The fourth-order valence-electron chi connectivity index (χ4n) is 1.81. The minimum Gasteiger partial charge on any atom is -0.394 e. The molecule has 0 heterocycles. The van der Waals surface area contributed by atoms with E-state index in [1.54, 1.807) is 0 Å². The standard InChI is InChI=1S/C12H18ClNO/c1-3-12(9-15,14-4-2)10-6-5-7-11(13)8-10/h5-8,14-15H,3-4,9H2,1-2H3. The van der Waals surface area contributed by atoms with Crippen molar-refractivity contribution in [2.24, 2.45) is 0 Å². The van der Waals surface area contributed by atoms with Gasteiger partial charge in [0.15, 0.2) is 0 Å². The lowest BCUT2D eigenvalue weighted by atomic mass is 9.88. The van der Waals surface area contributed by atoms with E-state index in [1.807, 2.05) is 31.2 Å². The number of nitrogens with one attached hydrogen (secondary N) is 1. The number of hydrogen-bond donors (Lipinski definition) is 2. The Morgan fingerprint density at radius 2 is 2.13 bits per heavy atom. The number of aliphatic hydroxyl groups is 1. The zero-order valence-corrected chi connectivity index (χ0v) is 10.0. The summed E-state index contributed by atoms with van der Waals surface area (Å²) in [7, 11) is 0. The Kier molecular flexibility index (Phi) is 4.58. The van der Waals surface area contributed by atoms with Crippen LogP contribution in [0.25, 0.3) is 0 Å². The summed E-state index contributed by atoms with van der Waals surface area (Å²) in [5, 5.41) is 13.6. The van der Waals surface area contributed by atoms with Gasteiger partial charge in [0.05, 0.1) is 12.1 Å². The molecule has 2 nitrogen and oxygen atoms in total. The molecule has 15 heavy (non-hydrogen) atoms. The first-order chi connectivity index (χ1) is 7.18. The molecule has 0 aromatic heterocycles. The highest BCUT2D eigenvalue weighted by Gasteiger charge is 2.28. The molecular formula is C12H18ClNO. The molecule has 3 heteroatoms. The molecule has 0 aliphatic rings. The zero-order valence-electron chi connectivity index (χ0n) is 9.26. The summed E-state index contributed by atoms with van der Waals surface area (Å²) in [6.07, 6.45) is 0.831. The summed E-state index contributed by atoms with van der Waals surface area (Å²) in [4.78, 5) is 0. The second-order valence-corrected chi connectivity index (χ2v) is 4.07. The minimum absolute atomic E-state index is 0.0810. The molecular weight excluding hydrogens is 210 g/mol. The molecule has 0 saturated heterocycles. The average Bonchev–Trinajstić information content (AvgIpc) is 2.26. The molecule has 0 bridgehead atoms. The Morgan fingerprint density at radius 1 is 1.40 bits per heavy atom. The molecule has 0 aliphatic carbocycles. The highest BCUT2D eigenvalue weighted by Crippen LogP contribution is 2.26. The van der Waals surface area contributed by atoms with Crippen molar-refractivity contribution in [2.45, 2.75) is 25.8 Å². The molecule has 1 aromatic carbocycles. The van der Waals surface area contributed by atoms with Gasteiger partial charge in [0.1, 0.15) is 0 Å². The van der Waals surface area contributed by atoms with E-state index in [-0.39, 0.29) is 12.1 Å². The number of rotatable bonds is 5. The van der Waals surface area contributed by atoms with Gasteiger partial charge in [-0.1, -0.05) is 37.6 Å². The van der Waals surface area contributed by atoms with E-state index in [0.29, 0.717) is 5.02 Å². The van der Waals surface area contributed by atoms with Crippen molar-refractivity contribution < 1.29 is 5.11 Å². The maximum atomic E-state index is 9.55. The maximum Gasteiger partial charge on any atom is 0.0666 e. The summed E-state index contributed by atoms with van der Waals surface area (Å²) in [6, 6.07) is 7.65. The molecule has 1 aromatic rings. The van der Waals surface area contributed by atoms with Crippen LogP contribution in [-0.4, -0.2) is 18.3 Å². The third-order valence-corrected chi connectivity index (χ3v) is 3.00. The Bertz CT molecular complexity index is 310. The predicted octanol–water partition coefficient (Wildman–Crippen LogP) is 2.55. The Labute approximate surface area is 96.3 Å². The molecule has 0 radical (unpaired) electrons. The highest BCUT2D eigenvalue weighted by molar-refractivity contribution is 6.30. The van der Waals surface area contributed by atoms with E-state index >= 15 is 0 Å². The van der Waals surface area contributed by atoms with Crippen LogP contribution in [0.15, 0.2) is 24.3 Å². The number of halogens is 1. The fourth-order valence-corrected chi connectivity index (χ4v) is 2.01.